The van der Waals surface area contributed by atoms with Crippen LogP contribution in [-0.4, -0.2) is 17.5 Å². The number of urea groups is 1. The monoisotopic (exact) mass is 223 g/mol. The number of rotatable bonds is 4. The van der Waals surface area contributed by atoms with Gasteiger partial charge in [-0.15, -0.1) is 0 Å². The third kappa shape index (κ3) is 3.56. The Labute approximate surface area is 92.8 Å². The first-order valence-electron chi connectivity index (χ1n) is 4.92. The second-order valence-electron chi connectivity index (χ2n) is 3.18. The quantitative estimate of drug-likeness (QED) is 0.605. The van der Waals surface area contributed by atoms with Crippen LogP contribution in [-0.2, 0) is 0 Å². The molecule has 2 N–H and O–H groups in total. The molecule has 0 radical (unpaired) electrons. The van der Waals surface area contributed by atoms with Gasteiger partial charge in [-0.25, -0.2) is 4.79 Å². The van der Waals surface area contributed by atoms with E-state index in [-0.39, 0.29) is 11.7 Å². The van der Waals surface area contributed by atoms with Crippen molar-refractivity contribution in [3.8, 4) is 0 Å². The molecule has 0 unspecified atom stereocenters. The summed E-state index contributed by atoms with van der Waals surface area (Å²) in [4.78, 5) is 21.1. The standard InChI is InChI=1S/C10H13N3O3/c1-2-7-11-10(14)12-8-3-5-9(6-4-8)13(15)16/h3-6H,2,7H2,1H3,(H2,11,12,14). The predicted molar refractivity (Wildman–Crippen MR) is 60.4 cm³/mol. The molecule has 0 aromatic heterocycles. The maximum absolute atomic E-state index is 11.2. The molecule has 1 aromatic rings. The minimum Gasteiger partial charge on any atom is -0.338 e. The van der Waals surface area contributed by atoms with E-state index in [0.29, 0.717) is 12.2 Å². The summed E-state index contributed by atoms with van der Waals surface area (Å²) in [6.45, 7) is 2.55. The maximum atomic E-state index is 11.2. The third-order valence-corrected chi connectivity index (χ3v) is 1.87. The van der Waals surface area contributed by atoms with Crippen LogP contribution in [0.4, 0.5) is 16.2 Å². The first-order valence-corrected chi connectivity index (χ1v) is 4.92. The van der Waals surface area contributed by atoms with Crippen molar-refractivity contribution < 1.29 is 9.72 Å². The van der Waals surface area contributed by atoms with Gasteiger partial charge in [-0.1, -0.05) is 6.92 Å². The Hall–Kier alpha value is -2.11. The van der Waals surface area contributed by atoms with Crippen molar-refractivity contribution in [3.63, 3.8) is 0 Å². The van der Waals surface area contributed by atoms with Crippen LogP contribution in [0, 0.1) is 10.1 Å². The molecule has 0 aliphatic heterocycles. The van der Waals surface area contributed by atoms with E-state index in [1.807, 2.05) is 6.92 Å². The molecule has 16 heavy (non-hydrogen) atoms. The lowest BCUT2D eigenvalue weighted by atomic mass is 10.3. The van der Waals surface area contributed by atoms with Crippen LogP contribution < -0.4 is 10.6 Å². The van der Waals surface area contributed by atoms with E-state index < -0.39 is 4.92 Å². The van der Waals surface area contributed by atoms with E-state index in [0.717, 1.165) is 6.42 Å². The van der Waals surface area contributed by atoms with Gasteiger partial charge in [-0.2, -0.15) is 0 Å². The van der Waals surface area contributed by atoms with Gasteiger partial charge in [-0.3, -0.25) is 10.1 Å². The molecular formula is C10H13N3O3. The number of benzene rings is 1. The Balaban J connectivity index is 2.55. The molecule has 2 amide bonds. The molecule has 86 valence electrons. The van der Waals surface area contributed by atoms with Crippen molar-refractivity contribution in [3.05, 3.63) is 34.4 Å². The fourth-order valence-corrected chi connectivity index (χ4v) is 1.08. The van der Waals surface area contributed by atoms with Crippen LogP contribution in [0.15, 0.2) is 24.3 Å². The second kappa shape index (κ2) is 5.69. The number of carbonyl (C=O) groups is 1. The molecule has 0 saturated carbocycles. The molecule has 1 aromatic carbocycles. The number of nitrogens with zero attached hydrogens (tertiary/aromatic N) is 1. The molecule has 0 spiro atoms. The molecule has 1 rings (SSSR count). The lowest BCUT2D eigenvalue weighted by molar-refractivity contribution is -0.384. The van der Waals surface area contributed by atoms with E-state index >= 15 is 0 Å². The Kier molecular flexibility index (Phi) is 4.26. The zero-order valence-electron chi connectivity index (χ0n) is 8.90. The van der Waals surface area contributed by atoms with Crippen LogP contribution in [0.3, 0.4) is 0 Å². The SMILES string of the molecule is CCCNC(=O)Nc1ccc([N+](=O)[O-])cc1. The highest BCUT2D eigenvalue weighted by Crippen LogP contribution is 2.14. The zero-order valence-corrected chi connectivity index (χ0v) is 8.90. The molecule has 0 fully saturated rings. The second-order valence-corrected chi connectivity index (χ2v) is 3.18. The fraction of sp³-hybridized carbons (Fsp3) is 0.300. The Morgan fingerprint density at radius 2 is 2.00 bits per heavy atom. The van der Waals surface area contributed by atoms with Gasteiger partial charge in [0, 0.05) is 24.4 Å². The van der Waals surface area contributed by atoms with Gasteiger partial charge in [0.1, 0.15) is 0 Å². The third-order valence-electron chi connectivity index (χ3n) is 1.87. The summed E-state index contributed by atoms with van der Waals surface area (Å²) in [5.74, 6) is 0. The number of nitro benzene ring substituents is 1. The van der Waals surface area contributed by atoms with Crippen molar-refractivity contribution in [1.82, 2.24) is 5.32 Å². The predicted octanol–water partition coefficient (Wildman–Crippen LogP) is 2.13. The number of amides is 2. The van der Waals surface area contributed by atoms with Crippen molar-refractivity contribution in [2.24, 2.45) is 0 Å². The molecule has 0 aliphatic rings. The van der Waals surface area contributed by atoms with Crippen molar-refractivity contribution in [1.29, 1.82) is 0 Å². The van der Waals surface area contributed by atoms with Crippen LogP contribution in [0.1, 0.15) is 13.3 Å². The van der Waals surface area contributed by atoms with Gasteiger partial charge in [0.15, 0.2) is 0 Å². The maximum Gasteiger partial charge on any atom is 0.319 e. The van der Waals surface area contributed by atoms with Gasteiger partial charge in [0.25, 0.3) is 5.69 Å². The molecular weight excluding hydrogens is 210 g/mol. The van der Waals surface area contributed by atoms with Crippen LogP contribution in [0.2, 0.25) is 0 Å². The van der Waals surface area contributed by atoms with Crippen molar-refractivity contribution in [2.45, 2.75) is 13.3 Å². The fourth-order valence-electron chi connectivity index (χ4n) is 1.08. The minimum absolute atomic E-state index is 0.000448. The first kappa shape index (κ1) is 12.0. The summed E-state index contributed by atoms with van der Waals surface area (Å²) in [6, 6.07) is 5.36. The van der Waals surface area contributed by atoms with Crippen LogP contribution in [0.5, 0.6) is 0 Å². The van der Waals surface area contributed by atoms with E-state index in [4.69, 9.17) is 0 Å². The topological polar surface area (TPSA) is 84.3 Å². The zero-order chi connectivity index (χ0) is 12.0. The van der Waals surface area contributed by atoms with E-state index in [1.54, 1.807) is 0 Å². The van der Waals surface area contributed by atoms with Crippen LogP contribution in [0.25, 0.3) is 0 Å². The number of nitrogens with one attached hydrogen (secondary N) is 2. The van der Waals surface area contributed by atoms with Crippen LogP contribution >= 0.6 is 0 Å². The highest BCUT2D eigenvalue weighted by Gasteiger charge is 2.05. The Bertz CT molecular complexity index is 375. The number of nitro groups is 1. The molecule has 0 atom stereocenters. The summed E-state index contributed by atoms with van der Waals surface area (Å²) in [6.07, 6.45) is 0.855. The molecule has 0 bridgehead atoms. The molecule has 0 saturated heterocycles. The van der Waals surface area contributed by atoms with Gasteiger partial charge in [-0.05, 0) is 18.6 Å². The molecule has 0 heterocycles. The normalized spacial score (nSPS) is 9.56. The first-order chi connectivity index (χ1) is 7.63. The highest BCUT2D eigenvalue weighted by atomic mass is 16.6. The van der Waals surface area contributed by atoms with Gasteiger partial charge in [0.05, 0.1) is 4.92 Å². The Morgan fingerprint density at radius 3 is 2.50 bits per heavy atom. The minimum atomic E-state index is -0.485. The number of carbonyl (C=O) groups excluding carboxylic acids is 1. The molecule has 0 aliphatic carbocycles. The average molecular weight is 223 g/mol. The molecule has 6 heteroatoms. The van der Waals surface area contributed by atoms with E-state index in [1.165, 1.54) is 24.3 Å². The number of anilines is 1. The van der Waals surface area contributed by atoms with Gasteiger partial charge in [0.2, 0.25) is 0 Å². The van der Waals surface area contributed by atoms with E-state index in [2.05, 4.69) is 10.6 Å². The highest BCUT2D eigenvalue weighted by molar-refractivity contribution is 5.89. The number of hydrogen-bond donors (Lipinski definition) is 2. The average Bonchev–Trinajstić information content (AvgIpc) is 2.27. The Morgan fingerprint density at radius 1 is 1.38 bits per heavy atom. The summed E-state index contributed by atoms with van der Waals surface area (Å²) in [5, 5.41) is 15.6. The van der Waals surface area contributed by atoms with Crippen molar-refractivity contribution in [2.75, 3.05) is 11.9 Å². The lowest BCUT2D eigenvalue weighted by Crippen LogP contribution is -2.29. The van der Waals surface area contributed by atoms with Gasteiger partial charge < -0.3 is 10.6 Å². The summed E-state index contributed by atoms with van der Waals surface area (Å²) < 4.78 is 0. The summed E-state index contributed by atoms with van der Waals surface area (Å²) >= 11 is 0. The van der Waals surface area contributed by atoms with Crippen molar-refractivity contribution >= 4 is 17.4 Å². The summed E-state index contributed by atoms with van der Waals surface area (Å²) in [7, 11) is 0. The van der Waals surface area contributed by atoms with E-state index in [9.17, 15) is 14.9 Å². The number of hydrogen-bond acceptors (Lipinski definition) is 3. The number of non-ortho nitro benzene ring substituents is 1. The van der Waals surface area contributed by atoms with Gasteiger partial charge >= 0.3 is 6.03 Å². The largest absolute Gasteiger partial charge is 0.338 e. The lowest BCUT2D eigenvalue weighted by Gasteiger charge is -2.05. The smallest absolute Gasteiger partial charge is 0.319 e. The summed E-state index contributed by atoms with van der Waals surface area (Å²) in [5.41, 5.74) is 0.527. The molecule has 6 nitrogen and oxygen atoms in total.